The zero-order chi connectivity index (χ0) is 29.5. The lowest BCUT2D eigenvalue weighted by Crippen LogP contribution is -2.20. The highest BCUT2D eigenvalue weighted by Gasteiger charge is 2.25. The van der Waals surface area contributed by atoms with Crippen molar-refractivity contribution in [2.45, 2.75) is 26.2 Å². The molecule has 16 heteroatoms. The summed E-state index contributed by atoms with van der Waals surface area (Å²) < 4.78 is 19.6. The number of hydrogen-bond acceptors (Lipinski definition) is 13. The minimum atomic E-state index is -0.564. The van der Waals surface area contributed by atoms with E-state index < -0.39 is 5.91 Å². The third-order valence-electron chi connectivity index (χ3n) is 5.74. The molecule has 5 rings (SSSR count). The quantitative estimate of drug-likeness (QED) is 0.171. The first-order valence-electron chi connectivity index (χ1n) is 12.7. The summed E-state index contributed by atoms with van der Waals surface area (Å²) in [6.45, 7) is 5.51. The highest BCUT2D eigenvalue weighted by Crippen LogP contribution is 2.37. The van der Waals surface area contributed by atoms with Crippen molar-refractivity contribution in [1.29, 1.82) is 0 Å². The summed E-state index contributed by atoms with van der Waals surface area (Å²) in [6.07, 6.45) is 1.50. The van der Waals surface area contributed by atoms with Gasteiger partial charge in [-0.05, 0) is 63.4 Å². The topological polar surface area (TPSA) is 168 Å². The Kier molecular flexibility index (Phi) is 9.76. The number of halogens is 1. The number of carbonyl (C=O) groups is 1. The van der Waals surface area contributed by atoms with Crippen LogP contribution in [-0.4, -0.2) is 60.7 Å². The Hall–Kier alpha value is -3.89. The molecular formula is C26H26BrN9O4S2. The molecule has 218 valence electrons. The Morgan fingerprint density at radius 1 is 1.31 bits per heavy atom. The zero-order valence-electron chi connectivity index (χ0n) is 22.6. The molecule has 1 aliphatic rings. The standard InChI is InChI=1S/C26H26BrN9O4S2/c1-3-38-20-11-17(10-18(27)22(20)39-13-16-6-4-5-15(2)9-16)12-30-32-25(37)21-19(14-42-26-29-7-8-41-26)36(35-31-21)24-23(28)33-40-34-24/h4-6,9-12H,3,7-8,13-14H2,1-2H3,(H2,28,33)(H,32,37). The number of carbonyl (C=O) groups excluding carboxylic acids is 1. The Balaban J connectivity index is 1.31. The van der Waals surface area contributed by atoms with Gasteiger partial charge < -0.3 is 15.2 Å². The van der Waals surface area contributed by atoms with Crippen LogP contribution in [0.1, 0.15) is 39.8 Å². The minimum absolute atomic E-state index is 0.0192. The molecule has 13 nitrogen and oxygen atoms in total. The van der Waals surface area contributed by atoms with Crippen LogP contribution in [-0.2, 0) is 12.4 Å². The summed E-state index contributed by atoms with van der Waals surface area (Å²) in [5, 5.41) is 19.6. The second-order valence-corrected chi connectivity index (χ2v) is 12.0. The molecule has 0 atom stereocenters. The van der Waals surface area contributed by atoms with Crippen LogP contribution in [0.15, 0.2) is 55.6 Å². The first kappa shape index (κ1) is 29.6. The van der Waals surface area contributed by atoms with Crippen molar-refractivity contribution >= 4 is 61.8 Å². The van der Waals surface area contributed by atoms with E-state index in [1.807, 2.05) is 38.1 Å². The maximum Gasteiger partial charge on any atom is 0.293 e. The van der Waals surface area contributed by atoms with Crippen LogP contribution in [0.3, 0.4) is 0 Å². The Bertz CT molecular complexity index is 1640. The number of hydrazone groups is 1. The fourth-order valence-electron chi connectivity index (χ4n) is 3.89. The molecule has 2 aromatic heterocycles. The molecule has 2 aromatic carbocycles. The molecule has 0 saturated heterocycles. The third kappa shape index (κ3) is 7.11. The summed E-state index contributed by atoms with van der Waals surface area (Å²) in [5.41, 5.74) is 11.8. The van der Waals surface area contributed by atoms with Crippen LogP contribution < -0.4 is 20.6 Å². The lowest BCUT2D eigenvalue weighted by atomic mass is 10.1. The molecule has 42 heavy (non-hydrogen) atoms. The van der Waals surface area contributed by atoms with Crippen LogP contribution in [0.5, 0.6) is 11.5 Å². The van der Waals surface area contributed by atoms with Crippen LogP contribution in [0.2, 0.25) is 0 Å². The van der Waals surface area contributed by atoms with Gasteiger partial charge in [-0.15, -0.1) is 5.10 Å². The van der Waals surface area contributed by atoms with Gasteiger partial charge in [-0.3, -0.25) is 9.79 Å². The van der Waals surface area contributed by atoms with E-state index in [2.05, 4.69) is 58.1 Å². The largest absolute Gasteiger partial charge is 0.490 e. The molecule has 0 spiro atoms. The van der Waals surface area contributed by atoms with E-state index in [-0.39, 0.29) is 17.3 Å². The fourth-order valence-corrected chi connectivity index (χ4v) is 6.47. The number of rotatable bonds is 11. The molecule has 3 N–H and O–H groups in total. The van der Waals surface area contributed by atoms with Crippen molar-refractivity contribution in [3.63, 3.8) is 0 Å². The molecule has 0 radical (unpaired) electrons. The summed E-state index contributed by atoms with van der Waals surface area (Å²) >= 11 is 6.69. The number of thioether (sulfide) groups is 2. The molecule has 1 aliphatic heterocycles. The summed E-state index contributed by atoms with van der Waals surface area (Å²) in [7, 11) is 0. The van der Waals surface area contributed by atoms with E-state index in [0.717, 1.165) is 27.8 Å². The number of anilines is 1. The number of nitrogens with zero attached hydrogens (tertiary/aromatic N) is 7. The lowest BCUT2D eigenvalue weighted by Gasteiger charge is -2.15. The minimum Gasteiger partial charge on any atom is -0.490 e. The van der Waals surface area contributed by atoms with Gasteiger partial charge in [0.25, 0.3) is 5.91 Å². The number of aryl methyl sites for hydroxylation is 1. The van der Waals surface area contributed by atoms with Gasteiger partial charge in [-0.25, -0.2) is 10.1 Å². The number of aromatic nitrogens is 5. The van der Waals surface area contributed by atoms with Gasteiger partial charge >= 0.3 is 0 Å². The number of aliphatic imine (C=N–C) groups is 1. The molecule has 0 unspecified atom stereocenters. The van der Waals surface area contributed by atoms with Crippen molar-refractivity contribution in [2.75, 3.05) is 24.6 Å². The number of nitrogens with two attached hydrogens (primary N) is 1. The number of ether oxygens (including phenoxy) is 2. The van der Waals surface area contributed by atoms with Crippen molar-refractivity contribution in [3.05, 3.63) is 68.9 Å². The molecule has 1 amide bonds. The molecule has 0 fully saturated rings. The maximum absolute atomic E-state index is 13.1. The normalized spacial score (nSPS) is 13.0. The molecule has 0 bridgehead atoms. The SMILES string of the molecule is CCOc1cc(C=NNC(=O)c2nnn(-c3nonc3N)c2CSC2=NCCS2)cc(Br)c1OCc1cccc(C)c1. The molecule has 0 aliphatic carbocycles. The average molecular weight is 673 g/mol. The Labute approximate surface area is 257 Å². The summed E-state index contributed by atoms with van der Waals surface area (Å²) in [4.78, 5) is 17.6. The number of nitrogen functional groups attached to an aromatic ring is 1. The van der Waals surface area contributed by atoms with Gasteiger partial charge in [0, 0.05) is 11.5 Å². The lowest BCUT2D eigenvalue weighted by molar-refractivity contribution is 0.0949. The first-order valence-corrected chi connectivity index (χ1v) is 15.5. The molecular weight excluding hydrogens is 646 g/mol. The predicted molar refractivity (Wildman–Crippen MR) is 166 cm³/mol. The van der Waals surface area contributed by atoms with Gasteiger partial charge in [-0.2, -0.15) is 9.78 Å². The van der Waals surface area contributed by atoms with E-state index in [1.54, 1.807) is 17.8 Å². The van der Waals surface area contributed by atoms with E-state index in [1.165, 1.54) is 22.7 Å². The summed E-state index contributed by atoms with van der Waals surface area (Å²) in [5.74, 6) is 1.97. The fraction of sp³-hybridized carbons (Fsp3) is 0.269. The highest BCUT2D eigenvalue weighted by atomic mass is 79.9. The second kappa shape index (κ2) is 13.8. The van der Waals surface area contributed by atoms with Crippen LogP contribution in [0.25, 0.3) is 5.82 Å². The first-order chi connectivity index (χ1) is 20.4. The van der Waals surface area contributed by atoms with Crippen molar-refractivity contribution < 1.29 is 18.9 Å². The van der Waals surface area contributed by atoms with Crippen molar-refractivity contribution in [1.82, 2.24) is 30.7 Å². The number of amides is 1. The Morgan fingerprint density at radius 3 is 2.93 bits per heavy atom. The van der Waals surface area contributed by atoms with E-state index >= 15 is 0 Å². The van der Waals surface area contributed by atoms with E-state index in [0.29, 0.717) is 46.2 Å². The van der Waals surface area contributed by atoms with Gasteiger partial charge in [0.1, 0.15) is 11.0 Å². The predicted octanol–water partition coefficient (Wildman–Crippen LogP) is 4.38. The van der Waals surface area contributed by atoms with E-state index in [4.69, 9.17) is 19.8 Å². The second-order valence-electron chi connectivity index (χ2n) is 8.79. The smallest absolute Gasteiger partial charge is 0.293 e. The zero-order valence-corrected chi connectivity index (χ0v) is 25.8. The Morgan fingerprint density at radius 2 is 2.19 bits per heavy atom. The highest BCUT2D eigenvalue weighted by molar-refractivity contribution is 9.10. The number of nitrogens with one attached hydrogen (secondary N) is 1. The van der Waals surface area contributed by atoms with Crippen LogP contribution in [0, 0.1) is 6.92 Å². The van der Waals surface area contributed by atoms with Crippen molar-refractivity contribution in [3.8, 4) is 17.3 Å². The third-order valence-corrected chi connectivity index (χ3v) is 8.59. The van der Waals surface area contributed by atoms with Gasteiger partial charge in [0.05, 0.1) is 29.5 Å². The average Bonchev–Trinajstić information content (AvgIpc) is 3.73. The molecule has 0 saturated carbocycles. The van der Waals surface area contributed by atoms with Gasteiger partial charge in [0.2, 0.25) is 11.6 Å². The van der Waals surface area contributed by atoms with Crippen molar-refractivity contribution in [2.24, 2.45) is 10.1 Å². The molecule has 3 heterocycles. The number of benzene rings is 2. The van der Waals surface area contributed by atoms with Gasteiger partial charge in [-0.1, -0.05) is 58.6 Å². The number of hydrogen-bond donors (Lipinski definition) is 2. The van der Waals surface area contributed by atoms with Crippen LogP contribution >= 0.6 is 39.5 Å². The molecule has 4 aromatic rings. The van der Waals surface area contributed by atoms with Gasteiger partial charge in [0.15, 0.2) is 17.2 Å². The maximum atomic E-state index is 13.1. The summed E-state index contributed by atoms with van der Waals surface area (Å²) in [6, 6.07) is 11.7. The monoisotopic (exact) mass is 671 g/mol. The van der Waals surface area contributed by atoms with Crippen LogP contribution in [0.4, 0.5) is 5.82 Å². The van der Waals surface area contributed by atoms with E-state index in [9.17, 15) is 4.79 Å².